The summed E-state index contributed by atoms with van der Waals surface area (Å²) in [5.74, 6) is 1.21. The molecule has 3 N–H and O–H groups in total. The van der Waals surface area contributed by atoms with E-state index in [4.69, 9.17) is 15.6 Å². The average Bonchev–Trinajstić information content (AvgIpc) is 2.59. The smallest absolute Gasteiger partial charge is 0.0468 e. The van der Waals surface area contributed by atoms with Crippen molar-refractivity contribution in [2.24, 2.45) is 11.7 Å². The summed E-state index contributed by atoms with van der Waals surface area (Å²) in [6.45, 7) is 4.76. The highest BCUT2D eigenvalue weighted by Gasteiger charge is 2.20. The summed E-state index contributed by atoms with van der Waals surface area (Å²) >= 11 is 0. The Hall–Kier alpha value is -0.900. The SMILES string of the molecule is CCOCC[C@@H]1CCc2cc([C@H](CN)CCCCO)ccc2C1. The van der Waals surface area contributed by atoms with Gasteiger partial charge in [-0.3, -0.25) is 0 Å². The molecule has 1 aliphatic carbocycles. The number of nitrogens with two attached hydrogens (primary N) is 1. The van der Waals surface area contributed by atoms with E-state index in [1.54, 1.807) is 0 Å². The zero-order valence-corrected chi connectivity index (χ0v) is 14.6. The van der Waals surface area contributed by atoms with Gasteiger partial charge < -0.3 is 15.6 Å². The number of fused-ring (bicyclic) bond motifs is 1. The number of benzene rings is 1. The maximum atomic E-state index is 8.94. The largest absolute Gasteiger partial charge is 0.396 e. The first kappa shape index (κ1) is 18.4. The van der Waals surface area contributed by atoms with Crippen LogP contribution < -0.4 is 5.73 Å². The summed E-state index contributed by atoms with van der Waals surface area (Å²) in [5.41, 5.74) is 10.4. The molecule has 3 nitrogen and oxygen atoms in total. The summed E-state index contributed by atoms with van der Waals surface area (Å²) in [7, 11) is 0. The molecule has 0 spiro atoms. The lowest BCUT2D eigenvalue weighted by Gasteiger charge is -2.26. The van der Waals surface area contributed by atoms with Gasteiger partial charge in [-0.2, -0.15) is 0 Å². The second-order valence-electron chi connectivity index (χ2n) is 6.77. The molecule has 130 valence electrons. The predicted octanol–water partition coefficient (Wildman–Crippen LogP) is 3.42. The van der Waals surface area contributed by atoms with Crippen LogP contribution in [-0.4, -0.2) is 31.5 Å². The molecule has 0 unspecified atom stereocenters. The van der Waals surface area contributed by atoms with E-state index in [9.17, 15) is 0 Å². The highest BCUT2D eigenvalue weighted by Crippen LogP contribution is 2.31. The number of unbranched alkanes of at least 4 members (excludes halogenated alkanes) is 1. The first-order chi connectivity index (χ1) is 11.3. The third-order valence-electron chi connectivity index (χ3n) is 5.15. The Balaban J connectivity index is 1.94. The van der Waals surface area contributed by atoms with Crippen molar-refractivity contribution in [3.05, 3.63) is 34.9 Å². The topological polar surface area (TPSA) is 55.5 Å². The Morgan fingerprint density at radius 1 is 1.30 bits per heavy atom. The minimum absolute atomic E-state index is 0.282. The van der Waals surface area contributed by atoms with Crippen LogP contribution in [0.5, 0.6) is 0 Å². The molecule has 0 heterocycles. The van der Waals surface area contributed by atoms with Crippen LogP contribution in [0.1, 0.15) is 61.6 Å². The van der Waals surface area contributed by atoms with Gasteiger partial charge in [0.2, 0.25) is 0 Å². The number of aliphatic hydroxyl groups is 1. The van der Waals surface area contributed by atoms with E-state index in [1.165, 1.54) is 42.4 Å². The third kappa shape index (κ3) is 5.59. The Morgan fingerprint density at radius 3 is 2.91 bits per heavy atom. The predicted molar refractivity (Wildman–Crippen MR) is 95.8 cm³/mol. The second kappa shape index (κ2) is 10.1. The molecule has 0 fully saturated rings. The van der Waals surface area contributed by atoms with Crippen molar-refractivity contribution < 1.29 is 9.84 Å². The third-order valence-corrected chi connectivity index (χ3v) is 5.15. The number of aryl methyl sites for hydroxylation is 1. The Labute approximate surface area is 141 Å². The zero-order valence-electron chi connectivity index (χ0n) is 14.6. The second-order valence-corrected chi connectivity index (χ2v) is 6.77. The fraction of sp³-hybridized carbons (Fsp3) is 0.700. The van der Waals surface area contributed by atoms with Gasteiger partial charge in [-0.15, -0.1) is 0 Å². The fourth-order valence-electron chi connectivity index (χ4n) is 3.67. The lowest BCUT2D eigenvalue weighted by molar-refractivity contribution is 0.129. The van der Waals surface area contributed by atoms with E-state index in [0.717, 1.165) is 38.4 Å². The van der Waals surface area contributed by atoms with Gasteiger partial charge in [0.25, 0.3) is 0 Å². The van der Waals surface area contributed by atoms with Crippen LogP contribution in [-0.2, 0) is 17.6 Å². The molecular formula is C20H33NO2. The van der Waals surface area contributed by atoms with E-state index >= 15 is 0 Å². The van der Waals surface area contributed by atoms with Crippen LogP contribution in [0.25, 0.3) is 0 Å². The van der Waals surface area contributed by atoms with Crippen LogP contribution in [0, 0.1) is 5.92 Å². The van der Waals surface area contributed by atoms with Gasteiger partial charge >= 0.3 is 0 Å². The lowest BCUT2D eigenvalue weighted by Crippen LogP contribution is -2.18. The summed E-state index contributed by atoms with van der Waals surface area (Å²) in [6.07, 6.45) is 7.85. The van der Waals surface area contributed by atoms with E-state index in [0.29, 0.717) is 12.5 Å². The maximum Gasteiger partial charge on any atom is 0.0468 e. The molecule has 0 radical (unpaired) electrons. The van der Waals surface area contributed by atoms with Crippen molar-refractivity contribution in [3.8, 4) is 0 Å². The minimum Gasteiger partial charge on any atom is -0.396 e. The van der Waals surface area contributed by atoms with Gasteiger partial charge in [0.1, 0.15) is 0 Å². The first-order valence-electron chi connectivity index (χ1n) is 9.28. The molecule has 0 saturated heterocycles. The van der Waals surface area contributed by atoms with Crippen molar-refractivity contribution in [2.75, 3.05) is 26.4 Å². The molecule has 0 bridgehead atoms. The Morgan fingerprint density at radius 2 is 2.17 bits per heavy atom. The fourth-order valence-corrected chi connectivity index (χ4v) is 3.67. The standard InChI is InChI=1S/C20H33NO2/c1-2-23-12-10-16-6-7-18-14-19(9-8-17(18)13-16)20(15-21)5-3-4-11-22/h8-9,14,16,20,22H,2-7,10-13,15,21H2,1H3/t16-,20-/m0/s1. The molecule has 0 amide bonds. The van der Waals surface area contributed by atoms with E-state index in [-0.39, 0.29) is 6.61 Å². The van der Waals surface area contributed by atoms with Crippen molar-refractivity contribution >= 4 is 0 Å². The number of hydrogen-bond donors (Lipinski definition) is 2. The van der Waals surface area contributed by atoms with Crippen molar-refractivity contribution in [2.45, 2.75) is 57.8 Å². The quantitative estimate of drug-likeness (QED) is 0.650. The van der Waals surface area contributed by atoms with Gasteiger partial charge in [0.15, 0.2) is 0 Å². The van der Waals surface area contributed by atoms with Gasteiger partial charge in [0.05, 0.1) is 0 Å². The molecule has 0 aromatic heterocycles. The Kier molecular flexibility index (Phi) is 8.07. The summed E-state index contributed by atoms with van der Waals surface area (Å²) in [5, 5.41) is 8.94. The minimum atomic E-state index is 0.282. The molecule has 1 aromatic carbocycles. The number of hydrogen-bond acceptors (Lipinski definition) is 3. The monoisotopic (exact) mass is 319 g/mol. The van der Waals surface area contributed by atoms with E-state index in [2.05, 4.69) is 25.1 Å². The van der Waals surface area contributed by atoms with Crippen LogP contribution >= 0.6 is 0 Å². The van der Waals surface area contributed by atoms with E-state index < -0.39 is 0 Å². The number of rotatable bonds is 10. The van der Waals surface area contributed by atoms with Crippen LogP contribution in [0.4, 0.5) is 0 Å². The molecule has 2 rings (SSSR count). The van der Waals surface area contributed by atoms with Crippen LogP contribution in [0.3, 0.4) is 0 Å². The van der Waals surface area contributed by atoms with Crippen molar-refractivity contribution in [1.82, 2.24) is 0 Å². The van der Waals surface area contributed by atoms with Gasteiger partial charge in [-0.05, 0) is 80.5 Å². The van der Waals surface area contributed by atoms with Gasteiger partial charge in [-0.25, -0.2) is 0 Å². The van der Waals surface area contributed by atoms with E-state index in [1.807, 2.05) is 0 Å². The molecular weight excluding hydrogens is 286 g/mol. The van der Waals surface area contributed by atoms with Gasteiger partial charge in [0, 0.05) is 19.8 Å². The van der Waals surface area contributed by atoms with Crippen LogP contribution in [0.2, 0.25) is 0 Å². The van der Waals surface area contributed by atoms with Crippen LogP contribution in [0.15, 0.2) is 18.2 Å². The Bertz CT molecular complexity index is 461. The molecule has 1 aliphatic rings. The molecule has 0 saturated carbocycles. The summed E-state index contributed by atoms with van der Waals surface area (Å²) in [6, 6.07) is 7.00. The molecule has 3 heteroatoms. The molecule has 0 aliphatic heterocycles. The average molecular weight is 319 g/mol. The molecule has 2 atom stereocenters. The maximum absolute atomic E-state index is 8.94. The molecule has 1 aromatic rings. The summed E-state index contributed by atoms with van der Waals surface area (Å²) < 4.78 is 5.50. The number of ether oxygens (including phenoxy) is 1. The summed E-state index contributed by atoms with van der Waals surface area (Å²) in [4.78, 5) is 0. The van der Waals surface area contributed by atoms with Crippen molar-refractivity contribution in [3.63, 3.8) is 0 Å². The lowest BCUT2D eigenvalue weighted by atomic mass is 9.80. The highest BCUT2D eigenvalue weighted by molar-refractivity contribution is 5.36. The normalized spacial score (nSPS) is 18.7. The van der Waals surface area contributed by atoms with Gasteiger partial charge in [-0.1, -0.05) is 24.6 Å². The first-order valence-corrected chi connectivity index (χ1v) is 9.28. The zero-order chi connectivity index (χ0) is 16.5. The molecule has 23 heavy (non-hydrogen) atoms. The highest BCUT2D eigenvalue weighted by atomic mass is 16.5. The number of aliphatic hydroxyl groups excluding tert-OH is 1. The van der Waals surface area contributed by atoms with Crippen molar-refractivity contribution in [1.29, 1.82) is 0 Å².